The first-order valence-corrected chi connectivity index (χ1v) is 5.54. The molecule has 2 rings (SSSR count). The Bertz CT molecular complexity index is 219. The molecule has 80 valence electrons. The smallest absolute Gasteiger partial charge is 0.0836 e. The van der Waals surface area contributed by atoms with Crippen LogP contribution in [0.2, 0.25) is 0 Å². The van der Waals surface area contributed by atoms with Crippen LogP contribution in [0.4, 0.5) is 0 Å². The molecule has 0 saturated heterocycles. The van der Waals surface area contributed by atoms with Gasteiger partial charge in [0, 0.05) is 12.6 Å². The minimum absolute atomic E-state index is 0.181. The SMILES string of the molecule is CNC1CCC(O)(C2C=CCN2)CC1. The van der Waals surface area contributed by atoms with Gasteiger partial charge >= 0.3 is 0 Å². The lowest BCUT2D eigenvalue weighted by molar-refractivity contribution is -0.0201. The van der Waals surface area contributed by atoms with E-state index in [1.807, 2.05) is 7.05 Å². The molecule has 0 spiro atoms. The van der Waals surface area contributed by atoms with Gasteiger partial charge in [-0.1, -0.05) is 12.2 Å². The summed E-state index contributed by atoms with van der Waals surface area (Å²) in [4.78, 5) is 0. The van der Waals surface area contributed by atoms with E-state index < -0.39 is 5.60 Å². The second-order valence-corrected chi connectivity index (χ2v) is 4.48. The maximum Gasteiger partial charge on any atom is 0.0836 e. The molecule has 0 bridgehead atoms. The van der Waals surface area contributed by atoms with Crippen LogP contribution >= 0.6 is 0 Å². The number of rotatable bonds is 2. The summed E-state index contributed by atoms with van der Waals surface area (Å²) in [6.07, 6.45) is 8.19. The maximum absolute atomic E-state index is 10.4. The number of nitrogens with one attached hydrogen (secondary N) is 2. The minimum Gasteiger partial charge on any atom is -0.388 e. The maximum atomic E-state index is 10.4. The van der Waals surface area contributed by atoms with Crippen molar-refractivity contribution in [2.75, 3.05) is 13.6 Å². The second kappa shape index (κ2) is 4.01. The molecule has 1 unspecified atom stereocenters. The van der Waals surface area contributed by atoms with Gasteiger partial charge in [0.05, 0.1) is 11.6 Å². The van der Waals surface area contributed by atoms with Crippen molar-refractivity contribution >= 4 is 0 Å². The van der Waals surface area contributed by atoms with Crippen LogP contribution in [0.15, 0.2) is 12.2 Å². The van der Waals surface area contributed by atoms with Crippen LogP contribution in [-0.4, -0.2) is 36.4 Å². The van der Waals surface area contributed by atoms with Gasteiger partial charge in [0.1, 0.15) is 0 Å². The summed E-state index contributed by atoms with van der Waals surface area (Å²) in [6, 6.07) is 0.779. The standard InChI is InChI=1S/C11H20N2O/c1-12-9-4-6-11(14,7-5-9)10-3-2-8-13-10/h2-3,9-10,12-14H,4-8H2,1H3. The number of hydrogen-bond acceptors (Lipinski definition) is 3. The van der Waals surface area contributed by atoms with Gasteiger partial charge < -0.3 is 15.7 Å². The lowest BCUT2D eigenvalue weighted by Crippen LogP contribution is -2.51. The Labute approximate surface area is 85.6 Å². The summed E-state index contributed by atoms with van der Waals surface area (Å²) in [5.41, 5.74) is -0.500. The number of hydrogen-bond donors (Lipinski definition) is 3. The molecule has 1 aliphatic carbocycles. The van der Waals surface area contributed by atoms with E-state index in [-0.39, 0.29) is 6.04 Å². The Hall–Kier alpha value is -0.380. The Morgan fingerprint density at radius 2 is 2.14 bits per heavy atom. The van der Waals surface area contributed by atoms with Gasteiger partial charge in [0.25, 0.3) is 0 Å². The van der Waals surface area contributed by atoms with Crippen LogP contribution in [0.3, 0.4) is 0 Å². The van der Waals surface area contributed by atoms with Crippen LogP contribution in [0.5, 0.6) is 0 Å². The normalized spacial score (nSPS) is 43.0. The van der Waals surface area contributed by atoms with Gasteiger partial charge in [-0.15, -0.1) is 0 Å². The molecule has 3 heteroatoms. The molecule has 1 aliphatic heterocycles. The van der Waals surface area contributed by atoms with Crippen molar-refractivity contribution < 1.29 is 5.11 Å². The molecule has 1 fully saturated rings. The summed E-state index contributed by atoms with van der Waals surface area (Å²) in [7, 11) is 2.00. The van der Waals surface area contributed by atoms with E-state index >= 15 is 0 Å². The second-order valence-electron chi connectivity index (χ2n) is 4.48. The molecule has 0 radical (unpaired) electrons. The molecule has 3 nitrogen and oxygen atoms in total. The molecule has 3 N–H and O–H groups in total. The van der Waals surface area contributed by atoms with Crippen molar-refractivity contribution in [3.63, 3.8) is 0 Å². The largest absolute Gasteiger partial charge is 0.388 e. The highest BCUT2D eigenvalue weighted by molar-refractivity contribution is 5.12. The third-order valence-electron chi connectivity index (χ3n) is 3.62. The van der Waals surface area contributed by atoms with Gasteiger partial charge in [-0.2, -0.15) is 0 Å². The third-order valence-corrected chi connectivity index (χ3v) is 3.62. The van der Waals surface area contributed by atoms with Gasteiger partial charge in [0.15, 0.2) is 0 Å². The summed E-state index contributed by atoms with van der Waals surface area (Å²) < 4.78 is 0. The topological polar surface area (TPSA) is 44.3 Å². The van der Waals surface area contributed by atoms with Crippen molar-refractivity contribution in [3.05, 3.63) is 12.2 Å². The quantitative estimate of drug-likeness (QED) is 0.560. The summed E-state index contributed by atoms with van der Waals surface area (Å²) in [5, 5.41) is 17.0. The average Bonchev–Trinajstić information content (AvgIpc) is 2.72. The lowest BCUT2D eigenvalue weighted by atomic mass is 9.78. The molecule has 2 aliphatic rings. The highest BCUT2D eigenvalue weighted by Crippen LogP contribution is 2.32. The number of aliphatic hydroxyl groups is 1. The molecule has 0 aromatic heterocycles. The molecule has 1 heterocycles. The molecule has 0 aromatic carbocycles. The third kappa shape index (κ3) is 1.85. The van der Waals surface area contributed by atoms with Crippen molar-refractivity contribution in [3.8, 4) is 0 Å². The zero-order valence-corrected chi connectivity index (χ0v) is 8.79. The lowest BCUT2D eigenvalue weighted by Gasteiger charge is -2.39. The van der Waals surface area contributed by atoms with Crippen molar-refractivity contribution in [2.45, 2.75) is 43.4 Å². The van der Waals surface area contributed by atoms with Crippen molar-refractivity contribution in [2.24, 2.45) is 0 Å². The van der Waals surface area contributed by atoms with Gasteiger partial charge in [0.2, 0.25) is 0 Å². The highest BCUT2D eigenvalue weighted by Gasteiger charge is 2.39. The minimum atomic E-state index is -0.500. The zero-order valence-electron chi connectivity index (χ0n) is 8.79. The molecule has 0 amide bonds. The van der Waals surface area contributed by atoms with Crippen LogP contribution in [0.1, 0.15) is 25.7 Å². The van der Waals surface area contributed by atoms with E-state index in [4.69, 9.17) is 0 Å². The fourth-order valence-corrected chi connectivity index (χ4v) is 2.55. The summed E-state index contributed by atoms with van der Waals surface area (Å²) in [5.74, 6) is 0. The van der Waals surface area contributed by atoms with Crippen molar-refractivity contribution in [1.29, 1.82) is 0 Å². The van der Waals surface area contributed by atoms with Crippen molar-refractivity contribution in [1.82, 2.24) is 10.6 Å². The van der Waals surface area contributed by atoms with E-state index in [0.29, 0.717) is 6.04 Å². The predicted molar refractivity (Wildman–Crippen MR) is 57.2 cm³/mol. The zero-order chi connectivity index (χ0) is 10.0. The van der Waals surface area contributed by atoms with Crippen LogP contribution in [-0.2, 0) is 0 Å². The van der Waals surface area contributed by atoms with E-state index in [1.54, 1.807) is 0 Å². The molecule has 14 heavy (non-hydrogen) atoms. The molecule has 1 atom stereocenters. The Balaban J connectivity index is 1.94. The summed E-state index contributed by atoms with van der Waals surface area (Å²) in [6.45, 7) is 0.905. The van der Waals surface area contributed by atoms with Crippen LogP contribution < -0.4 is 10.6 Å². The van der Waals surface area contributed by atoms with Crippen LogP contribution in [0.25, 0.3) is 0 Å². The predicted octanol–water partition coefficient (Wildman–Crippen LogP) is 0.407. The monoisotopic (exact) mass is 196 g/mol. The summed E-state index contributed by atoms with van der Waals surface area (Å²) >= 11 is 0. The first-order chi connectivity index (χ1) is 6.74. The molecule has 0 aromatic rings. The Kier molecular flexibility index (Phi) is 2.91. The highest BCUT2D eigenvalue weighted by atomic mass is 16.3. The van der Waals surface area contributed by atoms with E-state index in [2.05, 4.69) is 22.8 Å². The Morgan fingerprint density at radius 3 is 2.64 bits per heavy atom. The average molecular weight is 196 g/mol. The fraction of sp³-hybridized carbons (Fsp3) is 0.818. The van der Waals surface area contributed by atoms with Gasteiger partial charge in [-0.05, 0) is 32.7 Å². The molecular formula is C11H20N2O. The van der Waals surface area contributed by atoms with Crippen LogP contribution in [0, 0.1) is 0 Å². The van der Waals surface area contributed by atoms with E-state index in [9.17, 15) is 5.11 Å². The van der Waals surface area contributed by atoms with E-state index in [1.165, 1.54) is 0 Å². The van der Waals surface area contributed by atoms with Gasteiger partial charge in [-0.25, -0.2) is 0 Å². The van der Waals surface area contributed by atoms with E-state index in [0.717, 1.165) is 32.2 Å². The Morgan fingerprint density at radius 1 is 1.43 bits per heavy atom. The first kappa shape index (κ1) is 10.1. The molecular weight excluding hydrogens is 176 g/mol. The van der Waals surface area contributed by atoms with Gasteiger partial charge in [-0.3, -0.25) is 0 Å². The molecule has 1 saturated carbocycles. The first-order valence-electron chi connectivity index (χ1n) is 5.54. The fourth-order valence-electron chi connectivity index (χ4n) is 2.55.